The fourth-order valence-corrected chi connectivity index (χ4v) is 1.31. The van der Waals surface area contributed by atoms with Crippen molar-refractivity contribution in [3.63, 3.8) is 0 Å². The number of hydrogen-bond donors (Lipinski definition) is 5. The molecule has 0 saturated carbocycles. The van der Waals surface area contributed by atoms with Gasteiger partial charge in [0.1, 0.15) is 6.54 Å². The van der Waals surface area contributed by atoms with Gasteiger partial charge in [-0.3, -0.25) is 0 Å². The van der Waals surface area contributed by atoms with Crippen LogP contribution in [0.5, 0.6) is 0 Å². The van der Waals surface area contributed by atoms with Crippen LogP contribution >= 0.6 is 15.6 Å². The summed E-state index contributed by atoms with van der Waals surface area (Å²) in [5, 5.41) is 0. The molecule has 325 valence electrons. The fraction of sp³-hybridized carbons (Fsp3) is 0.455. The smallest absolute Gasteiger partial charge is 0.693 e. The Bertz CT molecular complexity index is 564. The number of aryl methyl sites for hydroxylation is 1. The summed E-state index contributed by atoms with van der Waals surface area (Å²) in [5.41, 5.74) is 6.74. The molecule has 17 nitrogen and oxygen atoms in total. The molecule has 1 rings (SSSR count). The van der Waals surface area contributed by atoms with Crippen molar-refractivity contribution in [2.24, 2.45) is 5.73 Å². The van der Waals surface area contributed by atoms with Crippen LogP contribution in [0.25, 0.3) is 30.8 Å². The van der Waals surface area contributed by atoms with E-state index >= 15 is 0 Å². The van der Waals surface area contributed by atoms with Gasteiger partial charge in [-0.15, -0.1) is 4.57 Å². The van der Waals surface area contributed by atoms with E-state index in [1.54, 1.807) is 0 Å². The Balaban J connectivity index is -0.00000000468. The number of hydrogen-bond acceptors (Lipinski definition) is 3. The van der Waals surface area contributed by atoms with Crippen molar-refractivity contribution in [2.45, 2.75) is 32.4 Å². The van der Waals surface area contributed by atoms with E-state index in [0.29, 0.717) is 6.54 Å². The van der Waals surface area contributed by atoms with Crippen LogP contribution in [0.1, 0.15) is 24.8 Å². The average Bonchev–Trinajstić information content (AvgIpc) is 2.35. The van der Waals surface area contributed by atoms with Crippen molar-refractivity contribution in [2.75, 3.05) is 0 Å². The molecule has 0 fully saturated rings. The van der Waals surface area contributed by atoms with E-state index < -0.39 is 15.6 Å². The average molecular weight is 4810 g/mol. The summed E-state index contributed by atoms with van der Waals surface area (Å²) in [6, 6.07) is 4.10. The van der Waals surface area contributed by atoms with Gasteiger partial charge in [0, 0.05) is 495 Å². The van der Waals surface area contributed by atoms with Crippen LogP contribution in [-0.4, -0.2) is 34.8 Å². The van der Waals surface area contributed by atoms with E-state index in [-0.39, 0.29) is 512 Å². The van der Waals surface area contributed by atoms with Crippen molar-refractivity contribution in [3.8, 4) is 0 Å². The van der Waals surface area contributed by atoms with Crippen LogP contribution in [0.4, 0.5) is 0 Å². The van der Waals surface area contributed by atoms with Gasteiger partial charge < -0.3 is 78.8 Å². The zero-order valence-electron chi connectivity index (χ0n) is 24.6. The molecule has 0 saturated heterocycles. The summed E-state index contributed by atoms with van der Waals surface area (Å²) in [5.74, 6) is 0. The standard InChI is InChI=1S/C11H18N2.10Ac.5H2N.7No.Np.2H3O4P.2H2O/c1-2-3-4-7-13-8-5-6-11(9-12)10-13;;;;;;;;;;;;;;;;;;;;;;;;2*1-5(2,3)4;;/h5-6,8,10H,1-4,7,9,12H2;;;;;;;;;;;5*1H2;;;;;;;;;2*(H3,1,2,3,4);2*1H2/q;;;;;;;;;;;5*-1;;;;;;;;;;;;/p+3. The van der Waals surface area contributed by atoms with Gasteiger partial charge in [-0.05, 0) is 6.07 Å². The zero-order chi connectivity index (χ0) is 18.5. The predicted octanol–water partition coefficient (Wildman–Crippen LogP) is 0.883. The minimum absolute atomic E-state index is 0. The molecule has 48 heavy (non-hydrogen) atoms. The Labute approximate surface area is 625 Å². The summed E-state index contributed by atoms with van der Waals surface area (Å²) in [7, 11) is -8.78. The number of unbranched alkanes of at least 4 members (excludes halogenated alkanes) is 2. The number of nitrogens with two attached hydrogens (primary N) is 6. The molecule has 1 aromatic heterocycles. The van der Waals surface area contributed by atoms with Crippen LogP contribution in [0.3, 0.4) is 0 Å². The van der Waals surface area contributed by atoms with Gasteiger partial charge in [-0.2, -0.15) is 6.42 Å². The minimum Gasteiger partial charge on any atom is -0.693 e. The third-order valence-electron chi connectivity index (χ3n) is 2.07. The molecule has 0 aliphatic heterocycles. The van der Waals surface area contributed by atoms with Crippen LogP contribution < -0.4 is 10.3 Å². The monoisotopic (exact) mass is 4810 g/mol. The second-order valence-corrected chi connectivity index (χ2v) is 6.48. The molecule has 0 spiro atoms. The maximum atomic E-state index is 9.10. The molecule has 0 bridgehead atoms. The van der Waals surface area contributed by atoms with Crippen LogP contribution in [0, 0.1) is 477 Å². The van der Waals surface area contributed by atoms with E-state index in [1.165, 1.54) is 18.4 Å². The quantitative estimate of drug-likeness (QED) is 0.0931. The van der Waals surface area contributed by atoms with Gasteiger partial charge in [0.15, 0.2) is 12.4 Å². The Hall–Kier alpha value is 7.48. The molecular weight excluding hydrogens is 4770 g/mol. The van der Waals surface area contributed by atoms with Crippen LogP contribution in [0.15, 0.2) is 24.5 Å². The van der Waals surface area contributed by atoms with E-state index in [4.69, 9.17) is 44.2 Å². The van der Waals surface area contributed by atoms with E-state index in [9.17, 15) is 0 Å². The van der Waals surface area contributed by atoms with Crippen molar-refractivity contribution in [1.82, 2.24) is 0 Å². The normalized spacial score (nSPS) is 5.25. The number of nitrogens with zero attached hydrogens (tertiary/aromatic N) is 1. The molecule has 25 N–H and O–H groups in total. The zero-order valence-corrected chi connectivity index (χ0v) is 93.2. The second kappa shape index (κ2) is 131. The largest absolute Gasteiger partial charge is 0.784 e. The molecule has 0 amide bonds. The minimum atomic E-state index is -4.64. The molecule has 0 aliphatic rings. The first kappa shape index (κ1) is 203. The molecule has 11 radical (unpaired) electrons. The summed E-state index contributed by atoms with van der Waals surface area (Å²) in [6.07, 6.45) is 7.62. The predicted molar refractivity (Wildman–Crippen MR) is 120 cm³/mol. The molecule has 0 aliphatic carbocycles. The molecule has 1 heterocycles. The first-order chi connectivity index (χ1) is 10.4. The van der Waals surface area contributed by atoms with Crippen molar-refractivity contribution < 1.29 is 525 Å². The Morgan fingerprint density at radius 2 is 0.917 bits per heavy atom. The topological polar surface area (TPSA) is 423 Å². The third-order valence-corrected chi connectivity index (χ3v) is 2.07. The van der Waals surface area contributed by atoms with Crippen molar-refractivity contribution in [1.29, 1.82) is 0 Å². The Kier molecular flexibility index (Phi) is 554. The van der Waals surface area contributed by atoms with Crippen LogP contribution in [-0.2, 0) is 27.7 Å². The Morgan fingerprint density at radius 1 is 0.688 bits per heavy atom. The van der Waals surface area contributed by atoms with Gasteiger partial charge in [0.25, 0.3) is 0 Å². The molecular formula is C11H41Ac10N7No7NpO10P2-2. The third kappa shape index (κ3) is 246. The SMILES string of the molecule is O.O=P(O)(O)O.O=P(O)([OH2+])[OH2+].[Ac].[Ac].[Ac].[Ac].[Ac].[Ac].[Ac].[Ac].[Ac].[Ac].[CH2-]CCCC[n+]1cccc(CN)c1.[NH2-].[NH2-].[NH2-].[NH2-].[NH2-].[No].[No].[No].[No].[No].[No].[No].[Np].[OH3+]. The molecule has 37 heteroatoms. The second-order valence-electron chi connectivity index (χ2n) is 4.30. The summed E-state index contributed by atoms with van der Waals surface area (Å²) in [6.45, 7) is 5.52. The number of phosphoric acid groups is 1. The van der Waals surface area contributed by atoms with Crippen molar-refractivity contribution >= 4 is 15.6 Å². The summed E-state index contributed by atoms with van der Waals surface area (Å²) < 4.78 is 20.2. The molecule has 0 unspecified atom stereocenters. The molecule has 1 aromatic rings. The van der Waals surface area contributed by atoms with Gasteiger partial charge in [0.05, 0.1) is 0 Å². The van der Waals surface area contributed by atoms with Gasteiger partial charge >= 0.3 is 15.6 Å². The first-order valence-electron chi connectivity index (χ1n) is 6.45. The number of pyridine rings is 1. The fourth-order valence-electron chi connectivity index (χ4n) is 1.31. The molecule has 0 aromatic carbocycles. The van der Waals surface area contributed by atoms with Crippen molar-refractivity contribution in [3.05, 3.63) is 67.8 Å². The maximum absolute atomic E-state index is 9.10. The molecule has 0 atom stereocenters. The van der Waals surface area contributed by atoms with E-state index in [0.717, 1.165) is 13.0 Å². The first-order valence-corrected chi connectivity index (χ1v) is 9.68. The van der Waals surface area contributed by atoms with E-state index in [1.807, 2.05) is 6.07 Å². The van der Waals surface area contributed by atoms with Gasteiger partial charge in [-0.25, -0.2) is 14.0 Å². The van der Waals surface area contributed by atoms with Crippen LogP contribution in [0.2, 0.25) is 0 Å². The summed E-state index contributed by atoms with van der Waals surface area (Å²) >= 11 is 0. The van der Waals surface area contributed by atoms with Gasteiger partial charge in [0.2, 0.25) is 0 Å². The Morgan fingerprint density at radius 3 is 1.10 bits per heavy atom. The van der Waals surface area contributed by atoms with E-state index in [2.05, 4.69) is 30.0 Å². The summed E-state index contributed by atoms with van der Waals surface area (Å²) in [4.78, 5) is 40.4. The van der Waals surface area contributed by atoms with Gasteiger partial charge in [-0.1, -0.05) is 6.42 Å². The maximum Gasteiger partial charge on any atom is 0.784 e. The number of rotatable bonds is 5. The number of aromatic nitrogens is 1.